The number of hydrogen-bond acceptors (Lipinski definition) is 4. The summed E-state index contributed by atoms with van der Waals surface area (Å²) >= 11 is 0. The van der Waals surface area contributed by atoms with Crippen LogP contribution < -0.4 is 5.32 Å². The summed E-state index contributed by atoms with van der Waals surface area (Å²) in [4.78, 5) is 21.3. The van der Waals surface area contributed by atoms with Crippen LogP contribution in [0.4, 0.5) is 5.82 Å². The number of anilines is 1. The van der Waals surface area contributed by atoms with Gasteiger partial charge in [-0.05, 0) is 69.0 Å². The molecule has 4 nitrogen and oxygen atoms in total. The second-order valence-electron chi connectivity index (χ2n) is 7.68. The summed E-state index contributed by atoms with van der Waals surface area (Å²) in [5.74, 6) is 1.71. The number of ketones is 1. The highest BCUT2D eigenvalue weighted by Gasteiger charge is 2.12. The first-order valence-corrected chi connectivity index (χ1v) is 10.2. The smallest absolute Gasteiger partial charge is 0.155 e. The number of nitrogens with zero attached hydrogens (tertiary/aromatic N) is 2. The summed E-state index contributed by atoms with van der Waals surface area (Å²) in [5.41, 5.74) is 5.32. The third kappa shape index (κ3) is 5.08. The van der Waals surface area contributed by atoms with Crippen LogP contribution in [0.2, 0.25) is 0 Å². The van der Waals surface area contributed by atoms with Gasteiger partial charge < -0.3 is 5.32 Å². The van der Waals surface area contributed by atoms with E-state index in [2.05, 4.69) is 59.5 Å². The van der Waals surface area contributed by atoms with E-state index in [0.29, 0.717) is 6.42 Å². The summed E-state index contributed by atoms with van der Waals surface area (Å²) in [6.45, 7) is 10.1. The van der Waals surface area contributed by atoms with E-state index in [1.54, 1.807) is 6.08 Å². The Morgan fingerprint density at radius 2 is 1.93 bits per heavy atom. The van der Waals surface area contributed by atoms with E-state index >= 15 is 0 Å². The highest BCUT2D eigenvalue weighted by molar-refractivity contribution is 5.98. The van der Waals surface area contributed by atoms with Crippen molar-refractivity contribution < 1.29 is 4.79 Å². The lowest BCUT2D eigenvalue weighted by Crippen LogP contribution is -2.10. The number of aryl methyl sites for hydroxylation is 2. The van der Waals surface area contributed by atoms with Gasteiger partial charge in [0.2, 0.25) is 0 Å². The quantitative estimate of drug-likeness (QED) is 0.491. The Kier molecular flexibility index (Phi) is 6.42. The standard InChI is InChI=1S/C25H29N3O/c1-6-8-22(29)14-17(3)20-11-12-24-23(15-20)25(28-19(5)27-24)26-18(4)21-10-7-9-16(2)13-21/h7,9-15,18H,6,8H2,1-5H3,(H,26,27,28)/b17-14+/t18-/m1/s1. The van der Waals surface area contributed by atoms with Gasteiger partial charge in [0.15, 0.2) is 5.78 Å². The number of benzene rings is 2. The van der Waals surface area contributed by atoms with Gasteiger partial charge in [0.05, 0.1) is 5.52 Å². The molecule has 29 heavy (non-hydrogen) atoms. The molecule has 0 spiro atoms. The number of rotatable bonds is 7. The van der Waals surface area contributed by atoms with Crippen LogP contribution in [-0.4, -0.2) is 15.8 Å². The fourth-order valence-electron chi connectivity index (χ4n) is 3.47. The average molecular weight is 388 g/mol. The van der Waals surface area contributed by atoms with Crippen LogP contribution >= 0.6 is 0 Å². The van der Waals surface area contributed by atoms with Gasteiger partial charge in [0.25, 0.3) is 0 Å². The average Bonchev–Trinajstić information content (AvgIpc) is 2.67. The van der Waals surface area contributed by atoms with Crippen molar-refractivity contribution in [1.29, 1.82) is 0 Å². The van der Waals surface area contributed by atoms with Crippen molar-refractivity contribution in [2.75, 3.05) is 5.32 Å². The maximum Gasteiger partial charge on any atom is 0.155 e. The zero-order chi connectivity index (χ0) is 21.0. The molecule has 0 radical (unpaired) electrons. The van der Waals surface area contributed by atoms with Crippen molar-refractivity contribution in [3.63, 3.8) is 0 Å². The lowest BCUT2D eigenvalue weighted by atomic mass is 10.0. The van der Waals surface area contributed by atoms with Crippen molar-refractivity contribution in [3.8, 4) is 0 Å². The molecule has 4 heteroatoms. The molecule has 0 unspecified atom stereocenters. The zero-order valence-electron chi connectivity index (χ0n) is 17.9. The van der Waals surface area contributed by atoms with E-state index in [1.807, 2.05) is 32.9 Å². The normalized spacial score (nSPS) is 12.8. The van der Waals surface area contributed by atoms with Crippen LogP contribution in [0.15, 0.2) is 48.5 Å². The first-order chi connectivity index (χ1) is 13.9. The van der Waals surface area contributed by atoms with Crippen molar-refractivity contribution in [2.24, 2.45) is 0 Å². The van der Waals surface area contributed by atoms with Crippen molar-refractivity contribution in [1.82, 2.24) is 9.97 Å². The molecule has 3 aromatic rings. The van der Waals surface area contributed by atoms with E-state index in [0.717, 1.165) is 40.1 Å². The minimum Gasteiger partial charge on any atom is -0.363 e. The monoisotopic (exact) mass is 387 g/mol. The molecule has 0 amide bonds. The minimum atomic E-state index is 0.110. The van der Waals surface area contributed by atoms with Crippen LogP contribution in [0.5, 0.6) is 0 Å². The van der Waals surface area contributed by atoms with Gasteiger partial charge >= 0.3 is 0 Å². The van der Waals surface area contributed by atoms with Crippen LogP contribution in [0.25, 0.3) is 16.5 Å². The summed E-state index contributed by atoms with van der Waals surface area (Å²) in [5, 5.41) is 4.52. The highest BCUT2D eigenvalue weighted by Crippen LogP contribution is 2.28. The van der Waals surface area contributed by atoms with Gasteiger partial charge in [0, 0.05) is 17.8 Å². The number of aromatic nitrogens is 2. The Morgan fingerprint density at radius 3 is 2.66 bits per heavy atom. The molecule has 150 valence electrons. The lowest BCUT2D eigenvalue weighted by Gasteiger charge is -2.18. The number of nitrogens with one attached hydrogen (secondary N) is 1. The number of hydrogen-bond donors (Lipinski definition) is 1. The van der Waals surface area contributed by atoms with Gasteiger partial charge in [-0.1, -0.05) is 42.8 Å². The van der Waals surface area contributed by atoms with E-state index < -0.39 is 0 Å². The molecule has 2 aromatic carbocycles. The first-order valence-electron chi connectivity index (χ1n) is 10.2. The van der Waals surface area contributed by atoms with Gasteiger partial charge in [0.1, 0.15) is 11.6 Å². The summed E-state index contributed by atoms with van der Waals surface area (Å²) < 4.78 is 0. The molecule has 1 aromatic heterocycles. The van der Waals surface area contributed by atoms with E-state index in [1.165, 1.54) is 11.1 Å². The molecular formula is C25H29N3O. The molecule has 1 N–H and O–H groups in total. The highest BCUT2D eigenvalue weighted by atomic mass is 16.1. The minimum absolute atomic E-state index is 0.110. The Hall–Kier alpha value is -3.01. The maximum absolute atomic E-state index is 12.0. The third-order valence-corrected chi connectivity index (χ3v) is 5.03. The van der Waals surface area contributed by atoms with Crippen molar-refractivity contribution >= 4 is 28.1 Å². The molecule has 0 saturated heterocycles. The topological polar surface area (TPSA) is 54.9 Å². The van der Waals surface area contributed by atoms with Gasteiger partial charge in [-0.3, -0.25) is 4.79 Å². The molecule has 0 aliphatic heterocycles. The number of allylic oxidation sites excluding steroid dienone is 2. The largest absolute Gasteiger partial charge is 0.363 e. The van der Waals surface area contributed by atoms with E-state index in [9.17, 15) is 4.79 Å². The van der Waals surface area contributed by atoms with Crippen LogP contribution in [0, 0.1) is 13.8 Å². The van der Waals surface area contributed by atoms with Gasteiger partial charge in [-0.25, -0.2) is 9.97 Å². The third-order valence-electron chi connectivity index (χ3n) is 5.03. The molecule has 3 rings (SSSR count). The molecule has 0 aliphatic rings. The van der Waals surface area contributed by atoms with Crippen LogP contribution in [-0.2, 0) is 4.79 Å². The molecule has 1 atom stereocenters. The number of fused-ring (bicyclic) bond motifs is 1. The summed E-state index contributed by atoms with van der Waals surface area (Å²) in [7, 11) is 0. The van der Waals surface area contributed by atoms with Crippen LogP contribution in [0.1, 0.15) is 62.2 Å². The fourth-order valence-corrected chi connectivity index (χ4v) is 3.47. The van der Waals surface area contributed by atoms with E-state index in [-0.39, 0.29) is 11.8 Å². The molecule has 0 saturated carbocycles. The molecule has 0 bridgehead atoms. The Labute approximate surface area is 173 Å². The lowest BCUT2D eigenvalue weighted by molar-refractivity contribution is -0.114. The Bertz CT molecular complexity index is 1070. The van der Waals surface area contributed by atoms with Gasteiger partial charge in [-0.15, -0.1) is 0 Å². The molecule has 1 heterocycles. The zero-order valence-corrected chi connectivity index (χ0v) is 17.9. The predicted octanol–water partition coefficient (Wildman–Crippen LogP) is 6.19. The fraction of sp³-hybridized carbons (Fsp3) is 0.320. The number of carbonyl (C=O) groups excluding carboxylic acids is 1. The van der Waals surface area contributed by atoms with Crippen LogP contribution in [0.3, 0.4) is 0 Å². The molecule has 0 fully saturated rings. The second kappa shape index (κ2) is 8.99. The Balaban J connectivity index is 1.99. The number of carbonyl (C=O) groups is 1. The van der Waals surface area contributed by atoms with Gasteiger partial charge in [-0.2, -0.15) is 0 Å². The predicted molar refractivity (Wildman–Crippen MR) is 121 cm³/mol. The van der Waals surface area contributed by atoms with E-state index in [4.69, 9.17) is 0 Å². The Morgan fingerprint density at radius 1 is 1.14 bits per heavy atom. The van der Waals surface area contributed by atoms with Crippen molar-refractivity contribution in [2.45, 2.75) is 53.5 Å². The molecule has 0 aliphatic carbocycles. The second-order valence-corrected chi connectivity index (χ2v) is 7.68. The summed E-state index contributed by atoms with van der Waals surface area (Å²) in [6.07, 6.45) is 3.18. The summed E-state index contributed by atoms with van der Waals surface area (Å²) in [6, 6.07) is 14.7. The maximum atomic E-state index is 12.0. The SMILES string of the molecule is CCCC(=O)/C=C(\C)c1ccc2nc(C)nc(N[C@H](C)c3cccc(C)c3)c2c1. The van der Waals surface area contributed by atoms with Crippen molar-refractivity contribution in [3.05, 3.63) is 71.1 Å². The molecular weight excluding hydrogens is 358 g/mol. The first kappa shape index (κ1) is 20.7.